The molecular formula is C26H39N5O7. The molecule has 38 heavy (non-hydrogen) atoms. The average molecular weight is 534 g/mol. The van der Waals surface area contributed by atoms with E-state index in [-0.39, 0.29) is 13.0 Å². The van der Waals surface area contributed by atoms with Gasteiger partial charge in [0, 0.05) is 19.5 Å². The number of hydrogen-bond donors (Lipinski definition) is 5. The molecule has 3 rings (SSSR count). The second-order valence-electron chi connectivity index (χ2n) is 10.2. The maximum Gasteiger partial charge on any atom is 0.247 e. The number of benzene rings is 1. The van der Waals surface area contributed by atoms with Crippen molar-refractivity contribution in [2.24, 2.45) is 11.5 Å². The first-order chi connectivity index (χ1) is 17.9. The molecule has 12 nitrogen and oxygen atoms in total. The van der Waals surface area contributed by atoms with Crippen molar-refractivity contribution >= 4 is 23.6 Å². The van der Waals surface area contributed by atoms with Crippen LogP contribution in [0.2, 0.25) is 0 Å². The number of rotatable bonds is 10. The summed E-state index contributed by atoms with van der Waals surface area (Å²) >= 11 is 0. The van der Waals surface area contributed by atoms with Crippen LogP contribution in [0.4, 0.5) is 0 Å². The third-order valence-electron chi connectivity index (χ3n) is 7.51. The quantitative estimate of drug-likeness (QED) is 0.244. The number of aliphatic hydroxyl groups excluding tert-OH is 2. The molecule has 2 aliphatic heterocycles. The van der Waals surface area contributed by atoms with Gasteiger partial charge in [-0.15, -0.1) is 0 Å². The summed E-state index contributed by atoms with van der Waals surface area (Å²) in [6.07, 6.45) is -0.462. The van der Waals surface area contributed by atoms with Crippen molar-refractivity contribution in [3.05, 3.63) is 29.8 Å². The first-order valence-corrected chi connectivity index (χ1v) is 12.9. The van der Waals surface area contributed by atoms with Crippen molar-refractivity contribution in [2.75, 3.05) is 20.2 Å². The lowest BCUT2D eigenvalue weighted by molar-refractivity contribution is -0.152. The average Bonchev–Trinajstić information content (AvgIpc) is 3.53. The summed E-state index contributed by atoms with van der Waals surface area (Å²) in [6, 6.07) is 3.75. The highest BCUT2D eigenvalue weighted by Gasteiger charge is 2.53. The zero-order valence-electron chi connectivity index (χ0n) is 22.1. The maximum atomic E-state index is 14.0. The standard InChI is InChI=1S/C26H39N5O7/c1-15(32)20(27)24(36)30-11-5-9-19(30)23(35)31-12-6-10-26(31,14-17-7-4-8-18(13-17)38-3)25(37)29-21(16(2)33)22(28)34/h4,7-8,13,15-16,19-21,32-33H,5-6,9-12,14,27H2,1-3H3,(H2,28,34)(H,29,37)/t15-,16-,19+,20+,21+,26?/m1/s1. The van der Waals surface area contributed by atoms with Gasteiger partial charge in [-0.3, -0.25) is 19.2 Å². The van der Waals surface area contributed by atoms with Crippen LogP contribution in [0.15, 0.2) is 24.3 Å². The summed E-state index contributed by atoms with van der Waals surface area (Å²) in [5.74, 6) is -1.88. The highest BCUT2D eigenvalue weighted by molar-refractivity contribution is 5.98. The number of nitrogens with one attached hydrogen (secondary N) is 1. The molecule has 1 unspecified atom stereocenters. The minimum atomic E-state index is -1.41. The van der Waals surface area contributed by atoms with Gasteiger partial charge in [-0.05, 0) is 57.2 Å². The lowest BCUT2D eigenvalue weighted by atomic mass is 9.86. The Hall–Kier alpha value is -3.22. The molecule has 0 saturated carbocycles. The van der Waals surface area contributed by atoms with Crippen LogP contribution in [-0.2, 0) is 25.6 Å². The van der Waals surface area contributed by atoms with Gasteiger partial charge in [-0.1, -0.05) is 12.1 Å². The van der Waals surface area contributed by atoms with Gasteiger partial charge < -0.3 is 41.5 Å². The molecule has 2 aliphatic rings. The summed E-state index contributed by atoms with van der Waals surface area (Å²) in [6.45, 7) is 3.32. The molecule has 0 radical (unpaired) electrons. The van der Waals surface area contributed by atoms with Crippen molar-refractivity contribution in [3.8, 4) is 5.75 Å². The number of ether oxygens (including phenoxy) is 1. The van der Waals surface area contributed by atoms with Crippen LogP contribution < -0.4 is 21.5 Å². The number of carbonyl (C=O) groups is 4. The number of nitrogens with zero attached hydrogens (tertiary/aromatic N) is 2. The molecule has 0 bridgehead atoms. The Labute approximate surface area is 222 Å². The Balaban J connectivity index is 1.99. The van der Waals surface area contributed by atoms with Crippen molar-refractivity contribution in [1.82, 2.24) is 15.1 Å². The van der Waals surface area contributed by atoms with Crippen LogP contribution in [0.1, 0.15) is 45.1 Å². The van der Waals surface area contributed by atoms with Crippen molar-refractivity contribution in [2.45, 2.75) is 81.8 Å². The minimum absolute atomic E-state index is 0.112. The first-order valence-electron chi connectivity index (χ1n) is 12.9. The van der Waals surface area contributed by atoms with Crippen LogP contribution in [-0.4, -0.2) is 99.7 Å². The van der Waals surface area contributed by atoms with Crippen LogP contribution in [0.3, 0.4) is 0 Å². The zero-order chi connectivity index (χ0) is 28.2. The van der Waals surface area contributed by atoms with E-state index in [4.69, 9.17) is 16.2 Å². The van der Waals surface area contributed by atoms with E-state index in [0.717, 1.165) is 5.56 Å². The molecule has 2 heterocycles. The third kappa shape index (κ3) is 5.92. The fourth-order valence-electron chi connectivity index (χ4n) is 5.39. The second-order valence-corrected chi connectivity index (χ2v) is 10.2. The third-order valence-corrected chi connectivity index (χ3v) is 7.51. The molecule has 0 aromatic heterocycles. The van der Waals surface area contributed by atoms with Gasteiger partial charge in [0.25, 0.3) is 0 Å². The van der Waals surface area contributed by atoms with Gasteiger partial charge in [0.05, 0.1) is 19.3 Å². The predicted octanol–water partition coefficient (Wildman–Crippen LogP) is -1.35. The van der Waals surface area contributed by atoms with E-state index in [0.29, 0.717) is 38.0 Å². The highest BCUT2D eigenvalue weighted by Crippen LogP contribution is 2.36. The van der Waals surface area contributed by atoms with Gasteiger partial charge in [0.15, 0.2) is 0 Å². The summed E-state index contributed by atoms with van der Waals surface area (Å²) in [7, 11) is 1.52. The number of aliphatic hydroxyl groups is 2. The van der Waals surface area contributed by atoms with Gasteiger partial charge in [-0.25, -0.2) is 0 Å². The smallest absolute Gasteiger partial charge is 0.247 e. The van der Waals surface area contributed by atoms with Crippen molar-refractivity contribution in [3.63, 3.8) is 0 Å². The lowest BCUT2D eigenvalue weighted by Crippen LogP contribution is -2.65. The van der Waals surface area contributed by atoms with Crippen LogP contribution in [0.25, 0.3) is 0 Å². The van der Waals surface area contributed by atoms with Gasteiger partial charge in [-0.2, -0.15) is 0 Å². The predicted molar refractivity (Wildman–Crippen MR) is 138 cm³/mol. The lowest BCUT2D eigenvalue weighted by Gasteiger charge is -2.41. The van der Waals surface area contributed by atoms with Crippen LogP contribution in [0, 0.1) is 0 Å². The largest absolute Gasteiger partial charge is 0.497 e. The van der Waals surface area contributed by atoms with Crippen molar-refractivity contribution < 1.29 is 34.1 Å². The minimum Gasteiger partial charge on any atom is -0.497 e. The Bertz CT molecular complexity index is 1050. The SMILES string of the molecule is COc1cccc(CC2(C(=O)N[C@H](C(N)=O)[C@@H](C)O)CCCN2C(=O)[C@@H]2CCCN2C(=O)[C@@H](N)[C@@H](C)O)c1. The second kappa shape index (κ2) is 12.1. The zero-order valence-corrected chi connectivity index (χ0v) is 22.1. The molecule has 2 fully saturated rings. The molecule has 7 N–H and O–H groups in total. The Morgan fingerprint density at radius 2 is 1.87 bits per heavy atom. The number of primary amides is 1. The molecular weight excluding hydrogens is 494 g/mol. The highest BCUT2D eigenvalue weighted by atomic mass is 16.5. The van der Waals surface area contributed by atoms with E-state index in [1.807, 2.05) is 6.07 Å². The van der Waals surface area contributed by atoms with E-state index >= 15 is 0 Å². The van der Waals surface area contributed by atoms with E-state index in [1.54, 1.807) is 18.2 Å². The normalized spacial score (nSPS) is 24.4. The number of likely N-dealkylation sites (tertiary alicyclic amines) is 2. The molecule has 1 aromatic rings. The van der Waals surface area contributed by atoms with E-state index in [9.17, 15) is 29.4 Å². The summed E-state index contributed by atoms with van der Waals surface area (Å²) < 4.78 is 5.33. The number of nitrogens with two attached hydrogens (primary N) is 2. The molecule has 210 valence electrons. The molecule has 0 spiro atoms. The fraction of sp³-hybridized carbons (Fsp3) is 0.615. The first kappa shape index (κ1) is 29.3. The fourth-order valence-corrected chi connectivity index (χ4v) is 5.39. The van der Waals surface area contributed by atoms with Crippen LogP contribution in [0.5, 0.6) is 5.75 Å². The number of hydrogen-bond acceptors (Lipinski definition) is 8. The summed E-state index contributed by atoms with van der Waals surface area (Å²) in [4.78, 5) is 55.7. The monoisotopic (exact) mass is 533 g/mol. The van der Waals surface area contributed by atoms with Gasteiger partial charge in [0.2, 0.25) is 23.6 Å². The van der Waals surface area contributed by atoms with E-state index in [2.05, 4.69) is 5.32 Å². The van der Waals surface area contributed by atoms with E-state index < -0.39 is 59.5 Å². The summed E-state index contributed by atoms with van der Waals surface area (Å²) in [5, 5.41) is 22.5. The molecule has 12 heteroatoms. The maximum absolute atomic E-state index is 14.0. The molecule has 6 atom stereocenters. The van der Waals surface area contributed by atoms with Crippen molar-refractivity contribution in [1.29, 1.82) is 0 Å². The Kier molecular flexibility index (Phi) is 9.34. The number of carbonyl (C=O) groups excluding carboxylic acids is 4. The topological polar surface area (TPSA) is 189 Å². The molecule has 0 aliphatic carbocycles. The Morgan fingerprint density at radius 1 is 1.16 bits per heavy atom. The molecule has 1 aromatic carbocycles. The van der Waals surface area contributed by atoms with Crippen LogP contribution >= 0.6 is 0 Å². The van der Waals surface area contributed by atoms with E-state index in [1.165, 1.54) is 30.8 Å². The molecule has 2 saturated heterocycles. The number of methoxy groups -OCH3 is 1. The Morgan fingerprint density at radius 3 is 2.47 bits per heavy atom. The number of amides is 4. The molecule has 4 amide bonds. The van der Waals surface area contributed by atoms with Gasteiger partial charge in [0.1, 0.15) is 29.4 Å². The van der Waals surface area contributed by atoms with Gasteiger partial charge >= 0.3 is 0 Å². The summed E-state index contributed by atoms with van der Waals surface area (Å²) in [5.41, 5.74) is 10.6.